The highest BCUT2D eigenvalue weighted by atomic mass is 16.3. The molecule has 0 aliphatic carbocycles. The van der Waals surface area contributed by atoms with Crippen molar-refractivity contribution in [3.63, 3.8) is 0 Å². The molecule has 0 radical (unpaired) electrons. The van der Waals surface area contributed by atoms with E-state index < -0.39 is 6.04 Å². The van der Waals surface area contributed by atoms with Crippen LogP contribution in [0.5, 0.6) is 5.75 Å². The number of nitrogens with two attached hydrogens (primary N) is 1. The minimum Gasteiger partial charge on any atom is -0.508 e. The third-order valence-electron chi connectivity index (χ3n) is 3.44. The van der Waals surface area contributed by atoms with Gasteiger partial charge < -0.3 is 21.1 Å². The fourth-order valence-electron chi connectivity index (χ4n) is 2.19. The van der Waals surface area contributed by atoms with Crippen molar-refractivity contribution in [1.82, 2.24) is 10.2 Å². The number of carbonyl (C=O) groups is 1. The van der Waals surface area contributed by atoms with E-state index in [2.05, 4.69) is 24.1 Å². The fraction of sp³-hybridized carbons (Fsp3) is 0.562. The van der Waals surface area contributed by atoms with Gasteiger partial charge in [0, 0.05) is 13.1 Å². The number of likely N-dealkylation sites (N-methyl/N-ethyl adjacent to an activating group) is 1. The number of benzene rings is 1. The van der Waals surface area contributed by atoms with E-state index in [-0.39, 0.29) is 11.7 Å². The highest BCUT2D eigenvalue weighted by Gasteiger charge is 2.13. The number of hydrogen-bond acceptors (Lipinski definition) is 4. The number of carbonyl (C=O) groups excluding carboxylic acids is 1. The third kappa shape index (κ3) is 6.60. The lowest BCUT2D eigenvalue weighted by atomic mass is 10.1. The zero-order valence-electron chi connectivity index (χ0n) is 13.0. The molecule has 0 aliphatic heterocycles. The van der Waals surface area contributed by atoms with Crippen molar-refractivity contribution in [3.05, 3.63) is 29.8 Å². The van der Waals surface area contributed by atoms with Crippen molar-refractivity contribution in [2.24, 2.45) is 5.73 Å². The minimum absolute atomic E-state index is 0.129. The number of nitrogens with zero attached hydrogens (tertiary/aromatic N) is 1. The first-order valence-electron chi connectivity index (χ1n) is 7.60. The molecule has 0 heterocycles. The molecule has 0 fully saturated rings. The Morgan fingerprint density at radius 2 is 1.95 bits per heavy atom. The fourth-order valence-corrected chi connectivity index (χ4v) is 2.19. The van der Waals surface area contributed by atoms with Crippen LogP contribution in [0.3, 0.4) is 0 Å². The van der Waals surface area contributed by atoms with Crippen LogP contribution in [-0.4, -0.2) is 48.1 Å². The summed E-state index contributed by atoms with van der Waals surface area (Å²) >= 11 is 0. The van der Waals surface area contributed by atoms with Crippen LogP contribution in [0.1, 0.15) is 25.8 Å². The van der Waals surface area contributed by atoms with E-state index in [1.54, 1.807) is 24.3 Å². The molecule has 1 atom stereocenters. The Bertz CT molecular complexity index is 420. The molecule has 4 N–H and O–H groups in total. The van der Waals surface area contributed by atoms with Crippen molar-refractivity contribution < 1.29 is 9.90 Å². The van der Waals surface area contributed by atoms with Crippen molar-refractivity contribution >= 4 is 5.91 Å². The molecule has 0 unspecified atom stereocenters. The second-order valence-electron chi connectivity index (χ2n) is 5.20. The summed E-state index contributed by atoms with van der Waals surface area (Å²) in [6, 6.07) is 6.20. The van der Waals surface area contributed by atoms with Crippen LogP contribution in [-0.2, 0) is 11.2 Å². The summed E-state index contributed by atoms with van der Waals surface area (Å²) in [6.07, 6.45) is 1.58. The van der Waals surface area contributed by atoms with E-state index in [9.17, 15) is 9.90 Å². The average Bonchev–Trinajstić information content (AvgIpc) is 2.48. The lowest BCUT2D eigenvalue weighted by Crippen LogP contribution is -2.44. The van der Waals surface area contributed by atoms with Crippen LogP contribution < -0.4 is 11.1 Å². The van der Waals surface area contributed by atoms with Gasteiger partial charge in [-0.15, -0.1) is 0 Å². The normalized spacial score (nSPS) is 12.4. The van der Waals surface area contributed by atoms with Gasteiger partial charge in [0.15, 0.2) is 0 Å². The highest BCUT2D eigenvalue weighted by Crippen LogP contribution is 2.10. The molecule has 1 amide bonds. The number of rotatable bonds is 9. The molecule has 118 valence electrons. The summed E-state index contributed by atoms with van der Waals surface area (Å²) in [5, 5.41) is 12.1. The minimum atomic E-state index is -0.559. The molecule has 0 saturated carbocycles. The molecule has 5 nitrogen and oxygen atoms in total. The van der Waals surface area contributed by atoms with Gasteiger partial charge in [-0.1, -0.05) is 26.0 Å². The average molecular weight is 293 g/mol. The molecule has 21 heavy (non-hydrogen) atoms. The zero-order valence-corrected chi connectivity index (χ0v) is 13.0. The summed E-state index contributed by atoms with van der Waals surface area (Å²) in [5.74, 6) is 0.0861. The predicted octanol–water partition coefficient (Wildman–Crippen LogP) is 1.11. The Morgan fingerprint density at radius 1 is 1.29 bits per heavy atom. The standard InChI is InChI=1S/C16H27N3O2/c1-3-10-19(4-2)11-9-18-16(21)15(17)12-13-5-7-14(20)8-6-13/h5-8,15,20H,3-4,9-12,17H2,1-2H3,(H,18,21)/t15-/m0/s1. The smallest absolute Gasteiger partial charge is 0.237 e. The Kier molecular flexibility index (Phi) is 7.79. The van der Waals surface area contributed by atoms with Gasteiger partial charge in [0.2, 0.25) is 5.91 Å². The van der Waals surface area contributed by atoms with Crippen molar-refractivity contribution in [2.45, 2.75) is 32.7 Å². The molecule has 1 rings (SSSR count). The van der Waals surface area contributed by atoms with Crippen molar-refractivity contribution in [3.8, 4) is 5.75 Å². The number of phenolic OH excluding ortho intramolecular Hbond substituents is 1. The molecule has 0 spiro atoms. The van der Waals surface area contributed by atoms with E-state index in [1.807, 2.05) is 0 Å². The Labute approximate surface area is 127 Å². The van der Waals surface area contributed by atoms with Crippen molar-refractivity contribution in [2.75, 3.05) is 26.2 Å². The monoisotopic (exact) mass is 293 g/mol. The van der Waals surface area contributed by atoms with E-state index >= 15 is 0 Å². The predicted molar refractivity (Wildman–Crippen MR) is 85.2 cm³/mol. The van der Waals surface area contributed by atoms with Gasteiger partial charge in [-0.3, -0.25) is 4.79 Å². The highest BCUT2D eigenvalue weighted by molar-refractivity contribution is 5.81. The first kappa shape index (κ1) is 17.5. The van der Waals surface area contributed by atoms with Crippen LogP contribution in [0.15, 0.2) is 24.3 Å². The summed E-state index contributed by atoms with van der Waals surface area (Å²) in [4.78, 5) is 14.2. The SMILES string of the molecule is CCCN(CC)CCNC(=O)[C@@H](N)Cc1ccc(O)cc1. The van der Waals surface area contributed by atoms with Crippen molar-refractivity contribution in [1.29, 1.82) is 0 Å². The molecule has 0 bridgehead atoms. The van der Waals surface area contributed by atoms with Gasteiger partial charge in [-0.25, -0.2) is 0 Å². The van der Waals surface area contributed by atoms with E-state index in [0.29, 0.717) is 13.0 Å². The number of amides is 1. The summed E-state index contributed by atoms with van der Waals surface area (Å²) in [7, 11) is 0. The zero-order chi connectivity index (χ0) is 15.7. The number of aromatic hydroxyl groups is 1. The molecule has 0 aromatic heterocycles. The molecule has 5 heteroatoms. The van der Waals surface area contributed by atoms with Crippen LogP contribution in [0.25, 0.3) is 0 Å². The van der Waals surface area contributed by atoms with Crippen LogP contribution in [0.4, 0.5) is 0 Å². The first-order chi connectivity index (χ1) is 10.1. The van der Waals surface area contributed by atoms with Crippen LogP contribution >= 0.6 is 0 Å². The van der Waals surface area contributed by atoms with E-state index in [4.69, 9.17) is 5.73 Å². The maximum atomic E-state index is 11.9. The molecule has 1 aromatic carbocycles. The number of nitrogens with one attached hydrogen (secondary N) is 1. The molecular formula is C16H27N3O2. The van der Waals surface area contributed by atoms with Gasteiger partial charge in [-0.05, 0) is 43.6 Å². The number of phenols is 1. The van der Waals surface area contributed by atoms with Gasteiger partial charge >= 0.3 is 0 Å². The maximum Gasteiger partial charge on any atom is 0.237 e. The third-order valence-corrected chi connectivity index (χ3v) is 3.44. The van der Waals surface area contributed by atoms with Gasteiger partial charge in [0.05, 0.1) is 6.04 Å². The first-order valence-corrected chi connectivity index (χ1v) is 7.60. The molecule has 0 saturated heterocycles. The number of hydrogen-bond donors (Lipinski definition) is 3. The Hall–Kier alpha value is -1.59. The second-order valence-corrected chi connectivity index (χ2v) is 5.20. The molecule has 1 aromatic rings. The Balaban J connectivity index is 2.32. The maximum absolute atomic E-state index is 11.9. The topological polar surface area (TPSA) is 78.6 Å². The largest absolute Gasteiger partial charge is 0.508 e. The van der Waals surface area contributed by atoms with Crippen LogP contribution in [0.2, 0.25) is 0 Å². The quantitative estimate of drug-likeness (QED) is 0.637. The van der Waals surface area contributed by atoms with E-state index in [1.165, 1.54) is 0 Å². The second kappa shape index (κ2) is 9.37. The lowest BCUT2D eigenvalue weighted by molar-refractivity contribution is -0.122. The summed E-state index contributed by atoms with van der Waals surface area (Å²) < 4.78 is 0. The summed E-state index contributed by atoms with van der Waals surface area (Å²) in [5.41, 5.74) is 6.85. The molecular weight excluding hydrogens is 266 g/mol. The van der Waals surface area contributed by atoms with Crippen LogP contribution in [0, 0.1) is 0 Å². The molecule has 0 aliphatic rings. The Morgan fingerprint density at radius 3 is 2.52 bits per heavy atom. The van der Waals surface area contributed by atoms with Gasteiger partial charge in [0.1, 0.15) is 5.75 Å². The lowest BCUT2D eigenvalue weighted by Gasteiger charge is -2.20. The van der Waals surface area contributed by atoms with Gasteiger partial charge in [0.25, 0.3) is 0 Å². The van der Waals surface area contributed by atoms with E-state index in [0.717, 1.165) is 31.6 Å². The van der Waals surface area contributed by atoms with Gasteiger partial charge in [-0.2, -0.15) is 0 Å². The summed E-state index contributed by atoms with van der Waals surface area (Å²) in [6.45, 7) is 7.77.